The van der Waals surface area contributed by atoms with Gasteiger partial charge in [-0.3, -0.25) is 4.79 Å². The molecule has 2 heterocycles. The van der Waals surface area contributed by atoms with Gasteiger partial charge in [0.15, 0.2) is 0 Å². The number of carbonyl (C=O) groups is 1. The zero-order valence-electron chi connectivity index (χ0n) is 12.3. The molecule has 1 aliphatic heterocycles. The number of nitrogens with zero attached hydrogens (tertiary/aromatic N) is 2. The maximum Gasteiger partial charge on any atom is 0.220 e. The molecule has 1 atom stereocenters. The molecule has 1 N–H and O–H groups in total. The lowest BCUT2D eigenvalue weighted by Gasteiger charge is -2.31. The molecule has 1 aromatic rings. The van der Waals surface area contributed by atoms with E-state index in [0.29, 0.717) is 12.3 Å². The number of aryl methyl sites for hydroxylation is 1. The molecule has 1 aliphatic rings. The predicted octanol–water partition coefficient (Wildman–Crippen LogP) is 2.53. The Balaban J connectivity index is 2.16. The summed E-state index contributed by atoms with van der Waals surface area (Å²) in [7, 11) is 0. The second kappa shape index (κ2) is 5.76. The van der Waals surface area contributed by atoms with Crippen LogP contribution in [-0.2, 0) is 17.8 Å². The minimum atomic E-state index is -0.0588. The van der Waals surface area contributed by atoms with E-state index in [1.165, 1.54) is 5.69 Å². The molecule has 1 saturated heterocycles. The average Bonchev–Trinajstić information content (AvgIpc) is 2.87. The van der Waals surface area contributed by atoms with Crippen molar-refractivity contribution < 1.29 is 4.79 Å². The summed E-state index contributed by atoms with van der Waals surface area (Å²) in [4.78, 5) is 15.9. The van der Waals surface area contributed by atoms with Crippen LogP contribution < -0.4 is 5.32 Å². The first-order chi connectivity index (χ1) is 9.04. The number of carbonyl (C=O) groups excluding carboxylic acids is 1. The van der Waals surface area contributed by atoms with Crippen LogP contribution in [0, 0.1) is 5.92 Å². The highest BCUT2D eigenvalue weighted by Crippen LogP contribution is 2.31. The molecule has 0 aromatic carbocycles. The zero-order chi connectivity index (χ0) is 13.9. The first-order valence-corrected chi connectivity index (χ1v) is 7.35. The van der Waals surface area contributed by atoms with E-state index in [0.717, 1.165) is 32.2 Å². The second-order valence-electron chi connectivity index (χ2n) is 6.18. The highest BCUT2D eigenvalue weighted by molar-refractivity contribution is 5.79. The van der Waals surface area contributed by atoms with Gasteiger partial charge in [-0.25, -0.2) is 4.98 Å². The Morgan fingerprint density at radius 2 is 2.32 bits per heavy atom. The number of rotatable bonds is 6. The van der Waals surface area contributed by atoms with Crippen LogP contribution in [-0.4, -0.2) is 21.0 Å². The van der Waals surface area contributed by atoms with Gasteiger partial charge in [-0.05, 0) is 25.2 Å². The molecule has 0 radical (unpaired) electrons. The normalized spacial score (nSPS) is 23.1. The minimum absolute atomic E-state index is 0.0588. The van der Waals surface area contributed by atoms with Crippen molar-refractivity contribution in [1.82, 2.24) is 14.9 Å². The summed E-state index contributed by atoms with van der Waals surface area (Å²) < 4.78 is 2.21. The Morgan fingerprint density at radius 3 is 2.89 bits per heavy atom. The molecule has 0 bridgehead atoms. The number of amides is 1. The third-order valence-corrected chi connectivity index (χ3v) is 3.82. The number of imidazole rings is 1. The summed E-state index contributed by atoms with van der Waals surface area (Å²) in [6.07, 6.45) is 8.50. The van der Waals surface area contributed by atoms with Crippen molar-refractivity contribution in [1.29, 1.82) is 0 Å². The lowest BCUT2D eigenvalue weighted by atomic mass is 9.83. The summed E-state index contributed by atoms with van der Waals surface area (Å²) in [6.45, 7) is 7.61. The highest BCUT2D eigenvalue weighted by atomic mass is 16.2. The monoisotopic (exact) mass is 263 g/mol. The molecule has 1 amide bonds. The molecular weight excluding hydrogens is 238 g/mol. The van der Waals surface area contributed by atoms with Crippen LogP contribution in [0.5, 0.6) is 0 Å². The van der Waals surface area contributed by atoms with Crippen LogP contribution in [0.25, 0.3) is 0 Å². The molecule has 0 saturated carbocycles. The Labute approximate surface area is 115 Å². The van der Waals surface area contributed by atoms with Crippen molar-refractivity contribution in [3.8, 4) is 0 Å². The van der Waals surface area contributed by atoms with E-state index >= 15 is 0 Å². The third kappa shape index (κ3) is 3.37. The molecule has 0 spiro atoms. The van der Waals surface area contributed by atoms with Gasteiger partial charge in [-0.1, -0.05) is 20.8 Å². The number of hydrogen-bond acceptors (Lipinski definition) is 2. The molecular formula is C15H25N3O. The summed E-state index contributed by atoms with van der Waals surface area (Å²) in [5.74, 6) is 0.781. The Morgan fingerprint density at radius 1 is 1.53 bits per heavy atom. The SMILES string of the molecule is CCCn1cncc1CC1(CC(C)C)CCC(=O)N1. The minimum Gasteiger partial charge on any atom is -0.350 e. The second-order valence-corrected chi connectivity index (χ2v) is 6.18. The highest BCUT2D eigenvalue weighted by Gasteiger charge is 2.38. The average molecular weight is 263 g/mol. The molecule has 19 heavy (non-hydrogen) atoms. The van der Waals surface area contributed by atoms with Crippen molar-refractivity contribution in [2.75, 3.05) is 0 Å². The van der Waals surface area contributed by atoms with Crippen molar-refractivity contribution in [2.45, 2.75) is 65.0 Å². The standard InChI is InChI=1S/C15H25N3O/c1-4-7-18-11-16-10-13(18)9-15(8-12(2)3)6-5-14(19)17-15/h10-12H,4-9H2,1-3H3,(H,17,19). The van der Waals surface area contributed by atoms with Crippen molar-refractivity contribution in [3.63, 3.8) is 0 Å². The van der Waals surface area contributed by atoms with Gasteiger partial charge in [-0.2, -0.15) is 0 Å². The maximum absolute atomic E-state index is 11.6. The van der Waals surface area contributed by atoms with Crippen LogP contribution >= 0.6 is 0 Å². The molecule has 1 fully saturated rings. The predicted molar refractivity (Wildman–Crippen MR) is 75.8 cm³/mol. The van der Waals surface area contributed by atoms with E-state index in [9.17, 15) is 4.79 Å². The fourth-order valence-corrected chi connectivity index (χ4v) is 3.20. The fraction of sp³-hybridized carbons (Fsp3) is 0.733. The van der Waals surface area contributed by atoms with E-state index in [1.807, 2.05) is 12.5 Å². The summed E-state index contributed by atoms with van der Waals surface area (Å²) in [5.41, 5.74) is 1.18. The first kappa shape index (κ1) is 14.1. The zero-order valence-corrected chi connectivity index (χ0v) is 12.3. The van der Waals surface area contributed by atoms with Gasteiger partial charge in [0.05, 0.1) is 6.33 Å². The van der Waals surface area contributed by atoms with Gasteiger partial charge >= 0.3 is 0 Å². The molecule has 4 heteroatoms. The van der Waals surface area contributed by atoms with E-state index in [1.54, 1.807) is 0 Å². The van der Waals surface area contributed by atoms with Gasteiger partial charge in [0, 0.05) is 36.8 Å². The van der Waals surface area contributed by atoms with Crippen LogP contribution in [0.1, 0.15) is 52.1 Å². The van der Waals surface area contributed by atoms with Crippen molar-refractivity contribution >= 4 is 5.91 Å². The van der Waals surface area contributed by atoms with Gasteiger partial charge in [0.1, 0.15) is 0 Å². The Bertz CT molecular complexity index is 438. The smallest absolute Gasteiger partial charge is 0.220 e. The summed E-state index contributed by atoms with van der Waals surface area (Å²) in [6, 6.07) is 0. The topological polar surface area (TPSA) is 46.9 Å². The number of nitrogens with one attached hydrogen (secondary N) is 1. The van der Waals surface area contributed by atoms with Crippen LogP contribution in [0.2, 0.25) is 0 Å². The number of hydrogen-bond donors (Lipinski definition) is 1. The van der Waals surface area contributed by atoms with E-state index in [-0.39, 0.29) is 11.4 Å². The maximum atomic E-state index is 11.6. The molecule has 1 aromatic heterocycles. The van der Waals surface area contributed by atoms with Crippen LogP contribution in [0.15, 0.2) is 12.5 Å². The van der Waals surface area contributed by atoms with Crippen molar-refractivity contribution in [2.24, 2.45) is 5.92 Å². The molecule has 106 valence electrons. The molecule has 2 rings (SSSR count). The lowest BCUT2D eigenvalue weighted by Crippen LogP contribution is -2.45. The van der Waals surface area contributed by atoms with Crippen molar-refractivity contribution in [3.05, 3.63) is 18.2 Å². The lowest BCUT2D eigenvalue weighted by molar-refractivity contribution is -0.119. The first-order valence-electron chi connectivity index (χ1n) is 7.35. The molecule has 4 nitrogen and oxygen atoms in total. The van der Waals surface area contributed by atoms with E-state index in [4.69, 9.17) is 0 Å². The van der Waals surface area contributed by atoms with Crippen LogP contribution in [0.3, 0.4) is 0 Å². The Hall–Kier alpha value is -1.32. The third-order valence-electron chi connectivity index (χ3n) is 3.82. The summed E-state index contributed by atoms with van der Waals surface area (Å²) in [5, 5.41) is 3.23. The number of aromatic nitrogens is 2. The quantitative estimate of drug-likeness (QED) is 0.857. The van der Waals surface area contributed by atoms with Gasteiger partial charge in [0.2, 0.25) is 5.91 Å². The molecule has 0 aliphatic carbocycles. The summed E-state index contributed by atoms with van der Waals surface area (Å²) >= 11 is 0. The largest absolute Gasteiger partial charge is 0.350 e. The van der Waals surface area contributed by atoms with Gasteiger partial charge in [-0.15, -0.1) is 0 Å². The van der Waals surface area contributed by atoms with E-state index < -0.39 is 0 Å². The van der Waals surface area contributed by atoms with Gasteiger partial charge < -0.3 is 9.88 Å². The van der Waals surface area contributed by atoms with Crippen LogP contribution in [0.4, 0.5) is 0 Å². The Kier molecular flexibility index (Phi) is 4.27. The van der Waals surface area contributed by atoms with Gasteiger partial charge in [0.25, 0.3) is 0 Å². The van der Waals surface area contributed by atoms with E-state index in [2.05, 4.69) is 35.6 Å². The molecule has 1 unspecified atom stereocenters. The fourth-order valence-electron chi connectivity index (χ4n) is 3.20.